The second-order valence-corrected chi connectivity index (χ2v) is 9.63. The number of amides is 1. The molecule has 1 N–H and O–H groups in total. The number of aryl methyl sites for hydroxylation is 2. The summed E-state index contributed by atoms with van der Waals surface area (Å²) in [5.41, 5.74) is 4.24. The Kier molecular flexibility index (Phi) is 7.87. The number of hydrogen-bond donors (Lipinski definition) is 1. The summed E-state index contributed by atoms with van der Waals surface area (Å²) in [4.78, 5) is 28.9. The number of carbonyl (C=O) groups excluding carboxylic acids is 1. The van der Waals surface area contributed by atoms with Crippen LogP contribution in [0.15, 0.2) is 77.8 Å². The lowest BCUT2D eigenvalue weighted by atomic mass is 9.94. The van der Waals surface area contributed by atoms with E-state index in [0.717, 1.165) is 11.1 Å². The van der Waals surface area contributed by atoms with Crippen LogP contribution in [0.5, 0.6) is 0 Å². The maximum absolute atomic E-state index is 13.6. The number of nitrogens with one attached hydrogen (secondary N) is 1. The van der Waals surface area contributed by atoms with Crippen molar-refractivity contribution in [3.8, 4) is 17.2 Å². The molecule has 7 nitrogen and oxygen atoms in total. The number of pyridine rings is 1. The van der Waals surface area contributed by atoms with E-state index in [1.165, 1.54) is 23.9 Å². The molecular weight excluding hydrogens is 508 g/mol. The normalized spacial score (nSPS) is 10.5. The SMILES string of the molecule is Cc1ccccc1NC(=O)c1c(C)nc(SCc2ccc(Cl)cc2)c(C#N)c1-c1ccc([N+](=O)[O-])cc1. The molecule has 1 heterocycles. The van der Waals surface area contributed by atoms with Crippen LogP contribution in [0.25, 0.3) is 11.1 Å². The Morgan fingerprint density at radius 3 is 2.38 bits per heavy atom. The number of nitro groups is 1. The molecule has 0 saturated carbocycles. The van der Waals surface area contributed by atoms with Crippen LogP contribution < -0.4 is 5.32 Å². The summed E-state index contributed by atoms with van der Waals surface area (Å²) in [5, 5.41) is 25.4. The molecule has 9 heteroatoms. The summed E-state index contributed by atoms with van der Waals surface area (Å²) in [6.07, 6.45) is 0. The summed E-state index contributed by atoms with van der Waals surface area (Å²) in [5.74, 6) is 0.116. The summed E-state index contributed by atoms with van der Waals surface area (Å²) in [7, 11) is 0. The van der Waals surface area contributed by atoms with E-state index in [0.29, 0.717) is 38.3 Å². The number of anilines is 1. The van der Waals surface area contributed by atoms with Crippen LogP contribution in [0.2, 0.25) is 5.02 Å². The van der Waals surface area contributed by atoms with Crippen molar-refractivity contribution < 1.29 is 9.72 Å². The number of thioether (sulfide) groups is 1. The Morgan fingerprint density at radius 2 is 1.76 bits per heavy atom. The van der Waals surface area contributed by atoms with Gasteiger partial charge >= 0.3 is 0 Å². The molecule has 0 fully saturated rings. The number of benzene rings is 3. The number of non-ortho nitro benzene ring substituents is 1. The van der Waals surface area contributed by atoms with Gasteiger partial charge in [0.05, 0.1) is 21.7 Å². The highest BCUT2D eigenvalue weighted by Gasteiger charge is 2.25. The van der Waals surface area contributed by atoms with E-state index in [4.69, 9.17) is 11.6 Å². The Morgan fingerprint density at radius 1 is 1.08 bits per heavy atom. The van der Waals surface area contributed by atoms with Gasteiger partial charge in [-0.25, -0.2) is 4.98 Å². The zero-order valence-electron chi connectivity index (χ0n) is 20.0. The van der Waals surface area contributed by atoms with E-state index in [9.17, 15) is 20.2 Å². The number of nitrogens with zero attached hydrogens (tertiary/aromatic N) is 3. The van der Waals surface area contributed by atoms with Crippen LogP contribution in [-0.4, -0.2) is 15.8 Å². The molecule has 184 valence electrons. The molecule has 0 aliphatic rings. The molecule has 0 saturated heterocycles. The number of nitriles is 1. The fourth-order valence-corrected chi connectivity index (χ4v) is 4.95. The highest BCUT2D eigenvalue weighted by Crippen LogP contribution is 2.37. The first kappa shape index (κ1) is 25.9. The van der Waals surface area contributed by atoms with E-state index in [-0.39, 0.29) is 16.8 Å². The molecule has 1 aromatic heterocycles. The Bertz CT molecular complexity index is 1530. The third kappa shape index (κ3) is 5.80. The van der Waals surface area contributed by atoms with Gasteiger partial charge in [-0.2, -0.15) is 5.26 Å². The largest absolute Gasteiger partial charge is 0.322 e. The summed E-state index contributed by atoms with van der Waals surface area (Å²) >= 11 is 7.36. The molecule has 0 spiro atoms. The molecule has 0 bridgehead atoms. The van der Waals surface area contributed by atoms with Crippen molar-refractivity contribution in [2.75, 3.05) is 5.32 Å². The quantitative estimate of drug-likeness (QED) is 0.153. The highest BCUT2D eigenvalue weighted by molar-refractivity contribution is 7.98. The first-order valence-electron chi connectivity index (χ1n) is 11.2. The zero-order chi connectivity index (χ0) is 26.5. The average Bonchev–Trinajstić information content (AvgIpc) is 2.89. The van der Waals surface area contributed by atoms with Gasteiger partial charge in [0.1, 0.15) is 11.1 Å². The van der Waals surface area contributed by atoms with E-state index >= 15 is 0 Å². The molecule has 0 aliphatic carbocycles. The third-order valence-electron chi connectivity index (χ3n) is 5.73. The predicted molar refractivity (Wildman–Crippen MR) is 146 cm³/mol. The topological polar surface area (TPSA) is 109 Å². The van der Waals surface area contributed by atoms with Gasteiger partial charge in [0.2, 0.25) is 0 Å². The molecule has 0 atom stereocenters. The van der Waals surface area contributed by atoms with Gasteiger partial charge in [0.25, 0.3) is 11.6 Å². The molecular formula is C28H21ClN4O3S. The standard InChI is InChI=1S/C28H21ClN4O3S/c1-17-5-3-4-6-24(17)32-27(34)25-18(2)31-28(37-16-19-7-11-21(29)12-8-19)23(15-30)26(25)20-9-13-22(14-10-20)33(35)36/h3-14H,16H2,1-2H3,(H,32,34). The van der Waals surface area contributed by atoms with E-state index in [2.05, 4.69) is 16.4 Å². The number of nitro benzene ring substituents is 1. The monoisotopic (exact) mass is 528 g/mol. The Labute approximate surface area is 223 Å². The number of aromatic nitrogens is 1. The molecule has 3 aromatic carbocycles. The molecule has 37 heavy (non-hydrogen) atoms. The van der Waals surface area contributed by atoms with Gasteiger partial charge in [-0.05, 0) is 60.9 Å². The van der Waals surface area contributed by atoms with Crippen LogP contribution in [-0.2, 0) is 5.75 Å². The minimum absolute atomic E-state index is 0.0868. The van der Waals surface area contributed by atoms with Crippen molar-refractivity contribution in [2.45, 2.75) is 24.6 Å². The molecule has 0 radical (unpaired) electrons. The number of halogens is 1. The van der Waals surface area contributed by atoms with Crippen molar-refractivity contribution in [1.29, 1.82) is 5.26 Å². The van der Waals surface area contributed by atoms with Gasteiger partial charge in [0, 0.05) is 34.2 Å². The molecule has 4 rings (SSSR count). The van der Waals surface area contributed by atoms with E-state index in [1.54, 1.807) is 37.3 Å². The average molecular weight is 529 g/mol. The maximum atomic E-state index is 13.6. The number of hydrogen-bond acceptors (Lipinski definition) is 6. The predicted octanol–water partition coefficient (Wildman–Crippen LogP) is 7.34. The summed E-state index contributed by atoms with van der Waals surface area (Å²) in [6, 6.07) is 22.8. The lowest BCUT2D eigenvalue weighted by Crippen LogP contribution is -2.17. The van der Waals surface area contributed by atoms with Gasteiger partial charge in [-0.15, -0.1) is 11.8 Å². The summed E-state index contributed by atoms with van der Waals surface area (Å²) in [6.45, 7) is 3.60. The van der Waals surface area contributed by atoms with Crippen LogP contribution in [0, 0.1) is 35.3 Å². The second kappa shape index (κ2) is 11.2. The van der Waals surface area contributed by atoms with E-state index < -0.39 is 10.8 Å². The lowest BCUT2D eigenvalue weighted by molar-refractivity contribution is -0.384. The fraction of sp³-hybridized carbons (Fsp3) is 0.107. The van der Waals surface area contributed by atoms with Crippen molar-refractivity contribution in [3.05, 3.63) is 116 Å². The van der Waals surface area contributed by atoms with Gasteiger partial charge in [0.15, 0.2) is 0 Å². The van der Waals surface area contributed by atoms with Crippen LogP contribution in [0.1, 0.15) is 32.7 Å². The van der Waals surface area contributed by atoms with Crippen molar-refractivity contribution in [1.82, 2.24) is 4.98 Å². The smallest absolute Gasteiger partial charge is 0.269 e. The van der Waals surface area contributed by atoms with E-state index in [1.807, 2.05) is 37.3 Å². The van der Waals surface area contributed by atoms with Crippen LogP contribution >= 0.6 is 23.4 Å². The molecule has 4 aromatic rings. The molecule has 1 amide bonds. The first-order chi connectivity index (χ1) is 17.8. The Balaban J connectivity index is 1.83. The first-order valence-corrected chi connectivity index (χ1v) is 12.6. The highest BCUT2D eigenvalue weighted by atomic mass is 35.5. The Hall–Kier alpha value is -4.19. The van der Waals surface area contributed by atoms with Gasteiger partial charge in [-0.1, -0.05) is 41.9 Å². The number of rotatable bonds is 7. The molecule has 0 aliphatic heterocycles. The fourth-order valence-electron chi connectivity index (χ4n) is 3.83. The van der Waals surface area contributed by atoms with Gasteiger partial charge < -0.3 is 5.32 Å². The van der Waals surface area contributed by atoms with Crippen molar-refractivity contribution in [3.63, 3.8) is 0 Å². The van der Waals surface area contributed by atoms with Crippen molar-refractivity contribution >= 4 is 40.6 Å². The zero-order valence-corrected chi connectivity index (χ0v) is 21.6. The minimum Gasteiger partial charge on any atom is -0.322 e. The number of para-hydroxylation sites is 1. The van der Waals surface area contributed by atoms with Crippen molar-refractivity contribution in [2.24, 2.45) is 0 Å². The van der Waals surface area contributed by atoms with Gasteiger partial charge in [-0.3, -0.25) is 14.9 Å². The molecule has 0 unspecified atom stereocenters. The number of carbonyl (C=O) groups is 1. The maximum Gasteiger partial charge on any atom is 0.269 e. The van der Waals surface area contributed by atoms with Crippen LogP contribution in [0.4, 0.5) is 11.4 Å². The minimum atomic E-state index is -0.494. The summed E-state index contributed by atoms with van der Waals surface area (Å²) < 4.78 is 0. The second-order valence-electron chi connectivity index (χ2n) is 8.23. The van der Waals surface area contributed by atoms with Crippen LogP contribution in [0.3, 0.4) is 0 Å². The third-order valence-corrected chi connectivity index (χ3v) is 7.03. The lowest BCUT2D eigenvalue weighted by Gasteiger charge is -2.17.